The van der Waals surface area contributed by atoms with Gasteiger partial charge in [0.15, 0.2) is 0 Å². The number of pyridine rings is 1. The maximum absolute atomic E-state index is 13.8. The molecule has 0 radical (unpaired) electrons. The number of furan rings is 1. The summed E-state index contributed by atoms with van der Waals surface area (Å²) in [5.74, 6) is -1.27. The van der Waals surface area contributed by atoms with E-state index in [1.807, 2.05) is 0 Å². The lowest BCUT2D eigenvalue weighted by atomic mass is 10.1. The van der Waals surface area contributed by atoms with Gasteiger partial charge < -0.3 is 28.9 Å². The Morgan fingerprint density at radius 3 is 2.49 bits per heavy atom. The second kappa shape index (κ2) is 12.2. The Bertz CT molecular complexity index is 1300. The summed E-state index contributed by atoms with van der Waals surface area (Å²) in [4.78, 5) is 40.6. The van der Waals surface area contributed by atoms with E-state index in [2.05, 4.69) is 15.6 Å². The number of carbonyl (C=O) groups excluding carboxylic acids is 3. The number of unbranched alkanes of at least 4 members (excludes halogenated alkanes) is 1. The molecule has 0 spiro atoms. The van der Waals surface area contributed by atoms with Crippen LogP contribution >= 0.6 is 0 Å². The molecule has 0 aliphatic carbocycles. The van der Waals surface area contributed by atoms with Gasteiger partial charge in [0.05, 0.1) is 37.3 Å². The summed E-state index contributed by atoms with van der Waals surface area (Å²) in [6.07, 6.45) is 1.09. The zero-order chi connectivity index (χ0) is 28.8. The van der Waals surface area contributed by atoms with Crippen LogP contribution in [0.25, 0.3) is 16.8 Å². The molecule has 0 aliphatic rings. The molecule has 0 bridgehead atoms. The van der Waals surface area contributed by atoms with Crippen LogP contribution < -0.4 is 10.6 Å². The number of alkyl halides is 3. The summed E-state index contributed by atoms with van der Waals surface area (Å²) in [5, 5.41) is 5.17. The molecule has 2 N–H and O–H groups in total. The molecule has 0 fully saturated rings. The monoisotopic (exact) mass is 552 g/mol. The lowest BCUT2D eigenvalue weighted by Crippen LogP contribution is -2.42. The molecule has 3 aromatic rings. The van der Waals surface area contributed by atoms with Crippen molar-refractivity contribution in [2.24, 2.45) is 0 Å². The Labute approximate surface area is 222 Å². The van der Waals surface area contributed by atoms with Crippen molar-refractivity contribution >= 4 is 23.6 Å². The van der Waals surface area contributed by atoms with Crippen LogP contribution in [0.15, 0.2) is 41.5 Å². The molecule has 3 aromatic heterocycles. The Morgan fingerprint density at radius 2 is 1.87 bits per heavy atom. The number of halogens is 3. The van der Waals surface area contributed by atoms with Crippen LogP contribution in [0.4, 0.5) is 18.0 Å². The van der Waals surface area contributed by atoms with Crippen LogP contribution in [0.5, 0.6) is 0 Å². The SMILES string of the molecule is COC(=O)[C@H](CCCCNC(=O)OC(C)(C)C)NC(=O)Cc1cn2cc(-c3ccoc3)cc(C(F)(F)F)c2n1. The number of imidazole rings is 1. The average Bonchev–Trinajstić information content (AvgIpc) is 3.49. The first kappa shape index (κ1) is 29.5. The fourth-order valence-corrected chi connectivity index (χ4v) is 3.81. The van der Waals surface area contributed by atoms with E-state index in [1.165, 1.54) is 42.5 Å². The van der Waals surface area contributed by atoms with Gasteiger partial charge in [-0.15, -0.1) is 0 Å². The van der Waals surface area contributed by atoms with Crippen LogP contribution in [0.1, 0.15) is 51.3 Å². The number of amides is 2. The van der Waals surface area contributed by atoms with Gasteiger partial charge in [-0.1, -0.05) is 0 Å². The fraction of sp³-hybridized carbons (Fsp3) is 0.462. The van der Waals surface area contributed by atoms with Crippen molar-refractivity contribution in [3.8, 4) is 11.1 Å². The first-order valence-corrected chi connectivity index (χ1v) is 12.2. The van der Waals surface area contributed by atoms with Gasteiger partial charge in [-0.3, -0.25) is 4.79 Å². The quantitative estimate of drug-likeness (QED) is 0.280. The van der Waals surface area contributed by atoms with E-state index in [9.17, 15) is 27.6 Å². The molecule has 0 aliphatic heterocycles. The van der Waals surface area contributed by atoms with Gasteiger partial charge in [0.25, 0.3) is 0 Å². The number of hydrogen-bond donors (Lipinski definition) is 2. The lowest BCUT2D eigenvalue weighted by molar-refractivity contribution is -0.145. The van der Waals surface area contributed by atoms with Crippen LogP contribution in [0, 0.1) is 0 Å². The highest BCUT2D eigenvalue weighted by atomic mass is 19.4. The second-order valence-corrected chi connectivity index (χ2v) is 9.86. The molecule has 13 heteroatoms. The summed E-state index contributed by atoms with van der Waals surface area (Å²) < 4.78 is 57.4. The van der Waals surface area contributed by atoms with Gasteiger partial charge in [-0.25, -0.2) is 14.6 Å². The number of alkyl carbamates (subject to hydrolysis) is 1. The third-order valence-corrected chi connectivity index (χ3v) is 5.51. The van der Waals surface area contributed by atoms with Crippen molar-refractivity contribution < 1.29 is 41.4 Å². The number of nitrogens with one attached hydrogen (secondary N) is 2. The van der Waals surface area contributed by atoms with E-state index in [-0.39, 0.29) is 29.7 Å². The van der Waals surface area contributed by atoms with E-state index in [0.29, 0.717) is 24.9 Å². The first-order chi connectivity index (χ1) is 18.3. The van der Waals surface area contributed by atoms with E-state index in [1.54, 1.807) is 20.8 Å². The molecule has 0 saturated heterocycles. The van der Waals surface area contributed by atoms with Crippen LogP contribution in [-0.4, -0.2) is 52.7 Å². The minimum atomic E-state index is -4.68. The number of rotatable bonds is 10. The van der Waals surface area contributed by atoms with Crippen molar-refractivity contribution in [1.29, 1.82) is 0 Å². The van der Waals surface area contributed by atoms with Crippen LogP contribution in [0.3, 0.4) is 0 Å². The third kappa shape index (κ3) is 8.48. The van der Waals surface area contributed by atoms with Gasteiger partial charge in [-0.2, -0.15) is 13.2 Å². The Morgan fingerprint density at radius 1 is 1.13 bits per heavy atom. The molecule has 212 valence electrons. The molecule has 0 saturated carbocycles. The largest absolute Gasteiger partial charge is 0.472 e. The van der Waals surface area contributed by atoms with Gasteiger partial charge in [0.2, 0.25) is 5.91 Å². The molecule has 0 aromatic carbocycles. The average molecular weight is 553 g/mol. The van der Waals surface area contributed by atoms with Gasteiger partial charge in [-0.05, 0) is 52.2 Å². The van der Waals surface area contributed by atoms with Gasteiger partial charge in [0, 0.05) is 30.1 Å². The molecule has 0 unspecified atom stereocenters. The maximum Gasteiger partial charge on any atom is 0.420 e. The molecule has 39 heavy (non-hydrogen) atoms. The van der Waals surface area contributed by atoms with Gasteiger partial charge in [0.1, 0.15) is 17.3 Å². The number of ether oxygens (including phenoxy) is 2. The molecule has 3 rings (SSSR count). The van der Waals surface area contributed by atoms with Crippen molar-refractivity contribution in [1.82, 2.24) is 20.0 Å². The molecule has 10 nitrogen and oxygen atoms in total. The third-order valence-electron chi connectivity index (χ3n) is 5.51. The molecule has 3 heterocycles. The summed E-state index contributed by atoms with van der Waals surface area (Å²) in [5.41, 5.74) is -1.12. The number of hydrogen-bond acceptors (Lipinski definition) is 7. The topological polar surface area (TPSA) is 124 Å². The number of aromatic nitrogens is 2. The van der Waals surface area contributed by atoms with Crippen LogP contribution in [0.2, 0.25) is 0 Å². The highest BCUT2D eigenvalue weighted by molar-refractivity contribution is 5.85. The van der Waals surface area contributed by atoms with Crippen molar-refractivity contribution in [2.75, 3.05) is 13.7 Å². The smallest absolute Gasteiger partial charge is 0.420 e. The van der Waals surface area contributed by atoms with E-state index >= 15 is 0 Å². The molecule has 2 amide bonds. The number of nitrogens with zero attached hydrogens (tertiary/aromatic N) is 2. The molecule has 1 atom stereocenters. The van der Waals surface area contributed by atoms with Gasteiger partial charge >= 0.3 is 18.2 Å². The summed E-state index contributed by atoms with van der Waals surface area (Å²) >= 11 is 0. The van der Waals surface area contributed by atoms with Crippen LogP contribution in [-0.2, 0) is 31.7 Å². The van der Waals surface area contributed by atoms with Crippen molar-refractivity contribution in [3.05, 3.63) is 48.3 Å². The summed E-state index contributed by atoms with van der Waals surface area (Å²) in [6.45, 7) is 5.54. The Balaban J connectivity index is 1.64. The predicted molar refractivity (Wildman–Crippen MR) is 134 cm³/mol. The first-order valence-electron chi connectivity index (χ1n) is 12.2. The van der Waals surface area contributed by atoms with Crippen molar-refractivity contribution in [2.45, 2.75) is 64.3 Å². The fourth-order valence-electron chi connectivity index (χ4n) is 3.81. The van der Waals surface area contributed by atoms with Crippen molar-refractivity contribution in [3.63, 3.8) is 0 Å². The lowest BCUT2D eigenvalue weighted by Gasteiger charge is -2.20. The van der Waals surface area contributed by atoms with E-state index in [0.717, 1.165) is 6.07 Å². The van der Waals surface area contributed by atoms with E-state index in [4.69, 9.17) is 13.9 Å². The highest BCUT2D eigenvalue weighted by Crippen LogP contribution is 2.35. The predicted octanol–water partition coefficient (Wildman–Crippen LogP) is 4.51. The Hall–Kier alpha value is -4.03. The highest BCUT2D eigenvalue weighted by Gasteiger charge is 2.35. The standard InChI is InChI=1S/C26H31F3N4O6/c1-25(2,3)39-24(36)30-9-6-5-7-20(23(35)37-4)32-21(34)12-18-14-33-13-17(16-8-10-38-15-16)11-19(22(33)31-18)26(27,28)29/h8,10-11,13-15,20H,5-7,9,12H2,1-4H3,(H,30,36)(H,32,34)/t20-/m0/s1. The number of methoxy groups -OCH3 is 1. The maximum atomic E-state index is 13.8. The second-order valence-electron chi connectivity index (χ2n) is 9.86. The number of carbonyl (C=O) groups is 3. The summed E-state index contributed by atoms with van der Waals surface area (Å²) in [7, 11) is 1.18. The molecular weight excluding hydrogens is 521 g/mol. The van der Waals surface area contributed by atoms with E-state index < -0.39 is 41.4 Å². The number of fused-ring (bicyclic) bond motifs is 1. The normalized spacial score (nSPS) is 12.7. The minimum absolute atomic E-state index is 0.0903. The number of esters is 1. The minimum Gasteiger partial charge on any atom is -0.472 e. The summed E-state index contributed by atoms with van der Waals surface area (Å²) in [6, 6.07) is 1.54. The Kier molecular flexibility index (Phi) is 9.25. The molecular formula is C26H31F3N4O6. The zero-order valence-electron chi connectivity index (χ0n) is 22.1. The zero-order valence-corrected chi connectivity index (χ0v) is 22.1.